The summed E-state index contributed by atoms with van der Waals surface area (Å²) in [4.78, 5) is 0. The summed E-state index contributed by atoms with van der Waals surface area (Å²) in [5.74, 6) is 2.17. The van der Waals surface area contributed by atoms with Crippen LogP contribution in [0.5, 0.6) is 0 Å². The van der Waals surface area contributed by atoms with E-state index in [1.54, 1.807) is 0 Å². The maximum absolute atomic E-state index is 2.54. The molecule has 1 saturated carbocycles. The Morgan fingerprint density at radius 1 is 0.750 bits per heavy atom. The maximum atomic E-state index is 2.54. The lowest BCUT2D eigenvalue weighted by Crippen LogP contribution is -2.42. The van der Waals surface area contributed by atoms with Crippen LogP contribution < -0.4 is 0 Å². The molecule has 0 spiro atoms. The molecule has 1 heterocycles. The minimum atomic E-state index is 1.09. The van der Waals surface area contributed by atoms with Crippen molar-refractivity contribution >= 4 is 0 Å². The van der Waals surface area contributed by atoms with E-state index >= 15 is 0 Å². The summed E-state index contributed by atoms with van der Waals surface area (Å²) in [7, 11) is 2.54. The number of unbranched alkanes of at least 4 members (excludes halogenated alkanes) is 7. The second-order valence-electron chi connectivity index (χ2n) is 7.99. The summed E-state index contributed by atoms with van der Waals surface area (Å²) in [6, 6.07) is 0. The molecule has 0 aromatic heterocycles. The molecule has 1 nitrogen and oxygen atoms in total. The normalized spacial score (nSPS) is 33.3. The van der Waals surface area contributed by atoms with E-state index in [0.29, 0.717) is 0 Å². The van der Waals surface area contributed by atoms with Gasteiger partial charge in [0.1, 0.15) is 0 Å². The first-order valence-electron chi connectivity index (χ1n) is 9.57. The predicted molar refractivity (Wildman–Crippen MR) is 88.8 cm³/mol. The second kappa shape index (κ2) is 8.41. The lowest BCUT2D eigenvalue weighted by atomic mass is 9.82. The number of rotatable bonds is 9. The first kappa shape index (κ1) is 16.3. The Hall–Kier alpha value is -0.0400. The van der Waals surface area contributed by atoms with Gasteiger partial charge in [0, 0.05) is 11.8 Å². The van der Waals surface area contributed by atoms with Gasteiger partial charge in [-0.15, -0.1) is 0 Å². The van der Waals surface area contributed by atoms with Crippen LogP contribution in [0, 0.1) is 11.8 Å². The summed E-state index contributed by atoms with van der Waals surface area (Å²) in [6.07, 6.45) is 17.8. The molecule has 1 saturated heterocycles. The summed E-state index contributed by atoms with van der Waals surface area (Å²) in [5.41, 5.74) is 0. The number of hydrogen-bond donors (Lipinski definition) is 0. The van der Waals surface area contributed by atoms with E-state index in [4.69, 9.17) is 0 Å². The zero-order valence-electron chi connectivity index (χ0n) is 14.2. The van der Waals surface area contributed by atoms with Crippen LogP contribution in [0.4, 0.5) is 0 Å². The third-order valence-corrected chi connectivity index (χ3v) is 5.97. The van der Waals surface area contributed by atoms with Crippen molar-refractivity contribution in [1.29, 1.82) is 0 Å². The van der Waals surface area contributed by atoms with Crippen molar-refractivity contribution in [3.05, 3.63) is 0 Å². The van der Waals surface area contributed by atoms with Crippen LogP contribution in [-0.2, 0) is 0 Å². The standard InChI is InChI=1S/C19H38N/c1-3-4-5-6-7-8-9-12-15-20(2)16-18-13-10-11-14-19(18)17-20/h18-19H,3-17H2,1-2H3/q+1/t18-,19+,20?. The van der Waals surface area contributed by atoms with Crippen molar-refractivity contribution in [2.45, 2.75) is 84.0 Å². The number of hydrogen-bond acceptors (Lipinski definition) is 0. The van der Waals surface area contributed by atoms with Gasteiger partial charge >= 0.3 is 0 Å². The van der Waals surface area contributed by atoms with Crippen molar-refractivity contribution in [3.8, 4) is 0 Å². The molecule has 0 aromatic carbocycles. The number of likely N-dealkylation sites (tertiary alicyclic amines) is 1. The minimum absolute atomic E-state index is 1.09. The van der Waals surface area contributed by atoms with Crippen molar-refractivity contribution in [2.75, 3.05) is 26.7 Å². The monoisotopic (exact) mass is 280 g/mol. The van der Waals surface area contributed by atoms with Crippen LogP contribution in [0.2, 0.25) is 0 Å². The van der Waals surface area contributed by atoms with Gasteiger partial charge < -0.3 is 4.48 Å². The molecular formula is C19H38N+. The van der Waals surface area contributed by atoms with Gasteiger partial charge in [-0.3, -0.25) is 0 Å². The Kier molecular flexibility index (Phi) is 6.87. The highest BCUT2D eigenvalue weighted by molar-refractivity contribution is 4.80. The van der Waals surface area contributed by atoms with Crippen molar-refractivity contribution in [3.63, 3.8) is 0 Å². The second-order valence-corrected chi connectivity index (χ2v) is 7.99. The fourth-order valence-corrected chi connectivity index (χ4v) is 4.78. The average Bonchev–Trinajstić information content (AvgIpc) is 2.78. The Morgan fingerprint density at radius 3 is 1.80 bits per heavy atom. The van der Waals surface area contributed by atoms with Gasteiger partial charge in [0.25, 0.3) is 0 Å². The van der Waals surface area contributed by atoms with Gasteiger partial charge in [0.15, 0.2) is 0 Å². The molecule has 1 aliphatic carbocycles. The third-order valence-electron chi connectivity index (χ3n) is 5.97. The van der Waals surface area contributed by atoms with E-state index < -0.39 is 0 Å². The number of fused-ring (bicyclic) bond motifs is 1. The highest BCUT2D eigenvalue weighted by atomic mass is 15.3. The van der Waals surface area contributed by atoms with Crippen LogP contribution in [0.1, 0.15) is 84.0 Å². The molecule has 2 fully saturated rings. The van der Waals surface area contributed by atoms with Crippen LogP contribution in [0.15, 0.2) is 0 Å². The molecule has 2 aliphatic rings. The topological polar surface area (TPSA) is 0 Å². The van der Waals surface area contributed by atoms with E-state index in [2.05, 4.69) is 14.0 Å². The molecule has 1 heteroatoms. The number of quaternary nitrogens is 1. The lowest BCUT2D eigenvalue weighted by Gasteiger charge is -2.30. The quantitative estimate of drug-likeness (QED) is 0.392. The van der Waals surface area contributed by atoms with E-state index in [0.717, 1.165) is 11.8 Å². The molecule has 0 N–H and O–H groups in total. The van der Waals surface area contributed by atoms with Crippen molar-refractivity contribution < 1.29 is 4.48 Å². The fraction of sp³-hybridized carbons (Fsp3) is 1.00. The van der Waals surface area contributed by atoms with Gasteiger partial charge in [-0.25, -0.2) is 0 Å². The Balaban J connectivity index is 1.53. The molecule has 0 radical (unpaired) electrons. The third kappa shape index (κ3) is 5.06. The van der Waals surface area contributed by atoms with E-state index in [1.165, 1.54) is 101 Å². The molecule has 3 atom stereocenters. The first-order valence-corrected chi connectivity index (χ1v) is 9.57. The highest BCUT2D eigenvalue weighted by Crippen LogP contribution is 2.39. The zero-order valence-corrected chi connectivity index (χ0v) is 14.2. The van der Waals surface area contributed by atoms with Crippen LogP contribution >= 0.6 is 0 Å². The lowest BCUT2D eigenvalue weighted by molar-refractivity contribution is -0.900. The van der Waals surface area contributed by atoms with Gasteiger partial charge in [-0.2, -0.15) is 0 Å². The molecule has 1 aliphatic heterocycles. The average molecular weight is 281 g/mol. The van der Waals surface area contributed by atoms with Gasteiger partial charge in [-0.1, -0.05) is 58.3 Å². The molecule has 0 bridgehead atoms. The molecule has 0 aromatic rings. The molecule has 0 amide bonds. The SMILES string of the molecule is CCCCCCCCCC[N+]1(C)C[C@H]2CCCC[C@H]2C1. The molecule has 118 valence electrons. The summed E-state index contributed by atoms with van der Waals surface area (Å²) >= 11 is 0. The zero-order chi connectivity index (χ0) is 14.3. The van der Waals surface area contributed by atoms with E-state index in [1.807, 2.05) is 0 Å². The summed E-state index contributed by atoms with van der Waals surface area (Å²) in [5, 5.41) is 0. The predicted octanol–water partition coefficient (Wildman–Crippen LogP) is 5.39. The largest absolute Gasteiger partial charge is 0.326 e. The Bertz CT molecular complexity index is 246. The first-order chi connectivity index (χ1) is 9.73. The Morgan fingerprint density at radius 2 is 1.25 bits per heavy atom. The Labute approximate surface area is 127 Å². The van der Waals surface area contributed by atoms with E-state index in [-0.39, 0.29) is 0 Å². The van der Waals surface area contributed by atoms with Gasteiger partial charge in [-0.05, 0) is 25.7 Å². The van der Waals surface area contributed by atoms with Crippen LogP contribution in [0.3, 0.4) is 0 Å². The molecule has 1 unspecified atom stereocenters. The van der Waals surface area contributed by atoms with Crippen molar-refractivity contribution in [1.82, 2.24) is 0 Å². The van der Waals surface area contributed by atoms with Crippen LogP contribution in [-0.4, -0.2) is 31.2 Å². The fourth-order valence-electron chi connectivity index (χ4n) is 4.78. The van der Waals surface area contributed by atoms with Crippen molar-refractivity contribution in [2.24, 2.45) is 11.8 Å². The smallest absolute Gasteiger partial charge is 0.0818 e. The maximum Gasteiger partial charge on any atom is 0.0818 e. The molecule has 20 heavy (non-hydrogen) atoms. The highest BCUT2D eigenvalue weighted by Gasteiger charge is 2.42. The molecular weight excluding hydrogens is 242 g/mol. The van der Waals surface area contributed by atoms with Crippen LogP contribution in [0.25, 0.3) is 0 Å². The molecule has 2 rings (SSSR count). The summed E-state index contributed by atoms with van der Waals surface area (Å²) < 4.78 is 1.41. The van der Waals surface area contributed by atoms with E-state index in [9.17, 15) is 0 Å². The summed E-state index contributed by atoms with van der Waals surface area (Å²) in [6.45, 7) is 6.77. The minimum Gasteiger partial charge on any atom is -0.326 e. The van der Waals surface area contributed by atoms with Gasteiger partial charge in [0.2, 0.25) is 0 Å². The van der Waals surface area contributed by atoms with Gasteiger partial charge in [0.05, 0.1) is 26.7 Å². The number of nitrogens with zero attached hydrogens (tertiary/aromatic N) is 1.